The summed E-state index contributed by atoms with van der Waals surface area (Å²) in [6.45, 7) is 0. The van der Waals surface area contributed by atoms with Gasteiger partial charge in [-0.15, -0.1) is 12.4 Å². The number of nitrogens with two attached hydrogens (primary N) is 1. The first-order valence-electron chi connectivity index (χ1n) is 2.34. The molecule has 1 rings (SSSR count). The zero-order valence-corrected chi connectivity index (χ0v) is 5.30. The highest BCUT2D eigenvalue weighted by Crippen LogP contribution is 2.42. The number of alkyl halides is 3. The molecule has 0 amide bonds. The van der Waals surface area contributed by atoms with Crippen molar-refractivity contribution in [1.82, 2.24) is 0 Å². The highest BCUT2D eigenvalue weighted by atomic mass is 35.5. The number of halogens is 4. The zero-order valence-electron chi connectivity index (χ0n) is 4.48. The Morgan fingerprint density at radius 3 is 1.67 bits per heavy atom. The maximum Gasteiger partial charge on any atom is 0.393 e. The standard InChI is InChI=1S/C4H6F3N.ClH/c5-4(6,7)2-1-3(2)8;/h2-3H,1,8H2;1H/t2-,3-;/m0./s1. The van der Waals surface area contributed by atoms with Gasteiger partial charge in [0.15, 0.2) is 0 Å². The fourth-order valence-corrected chi connectivity index (χ4v) is 0.591. The van der Waals surface area contributed by atoms with Crippen LogP contribution in [0.4, 0.5) is 13.2 Å². The van der Waals surface area contributed by atoms with Crippen LogP contribution in [-0.4, -0.2) is 12.2 Å². The summed E-state index contributed by atoms with van der Waals surface area (Å²) >= 11 is 0. The Kier molecular flexibility index (Phi) is 2.35. The third-order valence-electron chi connectivity index (χ3n) is 1.26. The summed E-state index contributed by atoms with van der Waals surface area (Å²) in [5.74, 6) is -1.21. The van der Waals surface area contributed by atoms with Crippen molar-refractivity contribution >= 4 is 12.4 Å². The van der Waals surface area contributed by atoms with Crippen LogP contribution in [0.2, 0.25) is 0 Å². The molecule has 0 heterocycles. The molecule has 0 aromatic carbocycles. The van der Waals surface area contributed by atoms with E-state index in [0.717, 1.165) is 0 Å². The van der Waals surface area contributed by atoms with Gasteiger partial charge in [0.2, 0.25) is 0 Å². The molecule has 1 aliphatic carbocycles. The lowest BCUT2D eigenvalue weighted by atomic mass is 10.4. The van der Waals surface area contributed by atoms with Crippen molar-refractivity contribution in [2.24, 2.45) is 11.7 Å². The van der Waals surface area contributed by atoms with Crippen LogP contribution in [0.3, 0.4) is 0 Å². The summed E-state index contributed by atoms with van der Waals surface area (Å²) in [5.41, 5.74) is 4.93. The molecule has 0 saturated heterocycles. The Morgan fingerprint density at radius 2 is 1.67 bits per heavy atom. The lowest BCUT2D eigenvalue weighted by Gasteiger charge is -2.00. The van der Waals surface area contributed by atoms with E-state index in [4.69, 9.17) is 5.73 Å². The summed E-state index contributed by atoms with van der Waals surface area (Å²) < 4.78 is 34.2. The second kappa shape index (κ2) is 2.34. The van der Waals surface area contributed by atoms with E-state index < -0.39 is 18.1 Å². The van der Waals surface area contributed by atoms with E-state index >= 15 is 0 Å². The van der Waals surface area contributed by atoms with Gasteiger partial charge in [-0.05, 0) is 6.42 Å². The van der Waals surface area contributed by atoms with Crippen LogP contribution in [0.1, 0.15) is 6.42 Å². The quantitative estimate of drug-likeness (QED) is 0.570. The van der Waals surface area contributed by atoms with E-state index in [0.29, 0.717) is 0 Å². The minimum Gasteiger partial charge on any atom is -0.327 e. The van der Waals surface area contributed by atoms with Crippen LogP contribution in [0.25, 0.3) is 0 Å². The Morgan fingerprint density at radius 1 is 1.33 bits per heavy atom. The van der Waals surface area contributed by atoms with Crippen LogP contribution >= 0.6 is 12.4 Å². The molecule has 1 aliphatic rings. The molecule has 1 fully saturated rings. The molecule has 0 spiro atoms. The highest BCUT2D eigenvalue weighted by Gasteiger charge is 2.53. The molecular formula is C4H7ClF3N. The first-order valence-corrected chi connectivity index (χ1v) is 2.34. The smallest absolute Gasteiger partial charge is 0.327 e. The molecule has 0 aliphatic heterocycles. The van der Waals surface area contributed by atoms with E-state index in [2.05, 4.69) is 0 Å². The van der Waals surface area contributed by atoms with Crippen molar-refractivity contribution < 1.29 is 13.2 Å². The maximum atomic E-state index is 11.4. The average molecular weight is 162 g/mol. The molecule has 2 atom stereocenters. The van der Waals surface area contributed by atoms with Crippen molar-refractivity contribution in [1.29, 1.82) is 0 Å². The summed E-state index contributed by atoms with van der Waals surface area (Å²) in [4.78, 5) is 0. The number of hydrogen-bond acceptors (Lipinski definition) is 1. The van der Waals surface area contributed by atoms with E-state index in [-0.39, 0.29) is 18.8 Å². The molecule has 0 unspecified atom stereocenters. The normalized spacial score (nSPS) is 33.3. The Balaban J connectivity index is 0.000000640. The molecule has 1 nitrogen and oxygen atoms in total. The predicted molar refractivity (Wildman–Crippen MR) is 29.4 cm³/mol. The highest BCUT2D eigenvalue weighted by molar-refractivity contribution is 5.85. The fourth-order valence-electron chi connectivity index (χ4n) is 0.591. The van der Waals surface area contributed by atoms with Gasteiger partial charge in [-0.3, -0.25) is 0 Å². The topological polar surface area (TPSA) is 26.0 Å². The second-order valence-corrected chi connectivity index (χ2v) is 2.05. The monoisotopic (exact) mass is 161 g/mol. The van der Waals surface area contributed by atoms with Gasteiger partial charge in [-0.25, -0.2) is 0 Å². The zero-order chi connectivity index (χ0) is 6.36. The van der Waals surface area contributed by atoms with Gasteiger partial charge in [-0.1, -0.05) is 0 Å². The lowest BCUT2D eigenvalue weighted by Crippen LogP contribution is -2.17. The van der Waals surface area contributed by atoms with Gasteiger partial charge in [0.1, 0.15) is 0 Å². The Hall–Kier alpha value is 0.0400. The van der Waals surface area contributed by atoms with Gasteiger partial charge in [-0.2, -0.15) is 13.2 Å². The van der Waals surface area contributed by atoms with Crippen molar-refractivity contribution in [2.45, 2.75) is 18.6 Å². The summed E-state index contributed by atoms with van der Waals surface area (Å²) in [5, 5.41) is 0. The molecule has 2 N–H and O–H groups in total. The number of hydrogen-bond donors (Lipinski definition) is 1. The number of rotatable bonds is 0. The van der Waals surface area contributed by atoms with E-state index in [1.54, 1.807) is 0 Å². The van der Waals surface area contributed by atoms with Gasteiger partial charge in [0.05, 0.1) is 5.92 Å². The van der Waals surface area contributed by atoms with Crippen LogP contribution in [0, 0.1) is 5.92 Å². The summed E-state index contributed by atoms with van der Waals surface area (Å²) in [6.07, 6.45) is -3.93. The minimum absolute atomic E-state index is 0. The fraction of sp³-hybridized carbons (Fsp3) is 1.00. The van der Waals surface area contributed by atoms with Gasteiger partial charge >= 0.3 is 6.18 Å². The SMILES string of the molecule is Cl.N[C@H]1C[C@@H]1C(F)(F)F. The van der Waals surface area contributed by atoms with Crippen LogP contribution in [0.15, 0.2) is 0 Å². The predicted octanol–water partition coefficient (Wildman–Crippen LogP) is 1.32. The van der Waals surface area contributed by atoms with Crippen LogP contribution in [-0.2, 0) is 0 Å². The second-order valence-electron chi connectivity index (χ2n) is 2.05. The largest absolute Gasteiger partial charge is 0.393 e. The maximum absolute atomic E-state index is 11.4. The van der Waals surface area contributed by atoms with Crippen molar-refractivity contribution in [3.63, 3.8) is 0 Å². The van der Waals surface area contributed by atoms with E-state index in [1.165, 1.54) is 0 Å². The minimum atomic E-state index is -4.04. The van der Waals surface area contributed by atoms with E-state index in [9.17, 15) is 13.2 Å². The average Bonchev–Trinajstić information content (AvgIpc) is 2.13. The molecule has 56 valence electrons. The first-order chi connectivity index (χ1) is 3.52. The molecule has 0 radical (unpaired) electrons. The summed E-state index contributed by atoms with van der Waals surface area (Å²) in [7, 11) is 0. The van der Waals surface area contributed by atoms with Crippen molar-refractivity contribution in [2.75, 3.05) is 0 Å². The third-order valence-corrected chi connectivity index (χ3v) is 1.26. The molecule has 0 aromatic rings. The van der Waals surface area contributed by atoms with Crippen LogP contribution < -0.4 is 5.73 Å². The summed E-state index contributed by atoms with van der Waals surface area (Å²) in [6, 6.07) is -0.616. The molecular weight excluding hydrogens is 154 g/mol. The Labute approximate surface area is 56.8 Å². The third kappa shape index (κ3) is 2.02. The first kappa shape index (κ1) is 9.04. The molecule has 1 saturated carbocycles. The van der Waals surface area contributed by atoms with Crippen LogP contribution in [0.5, 0.6) is 0 Å². The molecule has 0 bridgehead atoms. The van der Waals surface area contributed by atoms with Gasteiger partial charge in [0.25, 0.3) is 0 Å². The van der Waals surface area contributed by atoms with Gasteiger partial charge < -0.3 is 5.73 Å². The van der Waals surface area contributed by atoms with Crippen molar-refractivity contribution in [3.8, 4) is 0 Å². The molecule has 0 aromatic heterocycles. The lowest BCUT2D eigenvalue weighted by molar-refractivity contribution is -0.148. The molecule has 5 heteroatoms. The Bertz CT molecular complexity index is 102. The molecule has 9 heavy (non-hydrogen) atoms. The van der Waals surface area contributed by atoms with Crippen molar-refractivity contribution in [3.05, 3.63) is 0 Å². The van der Waals surface area contributed by atoms with Gasteiger partial charge in [0, 0.05) is 6.04 Å². The van der Waals surface area contributed by atoms with E-state index in [1.807, 2.05) is 0 Å².